The van der Waals surface area contributed by atoms with Crippen LogP contribution in [0.4, 0.5) is 0 Å². The van der Waals surface area contributed by atoms with Crippen molar-refractivity contribution in [3.05, 3.63) is 48.2 Å². The number of nitrogens with one attached hydrogen (secondary N) is 2. The fraction of sp³-hybridized carbons (Fsp3) is 0.267. The van der Waals surface area contributed by atoms with Crippen molar-refractivity contribution in [2.45, 2.75) is 12.5 Å². The molecule has 0 saturated heterocycles. The highest BCUT2D eigenvalue weighted by molar-refractivity contribution is 5.98. The third kappa shape index (κ3) is 2.39. The van der Waals surface area contributed by atoms with E-state index < -0.39 is 0 Å². The van der Waals surface area contributed by atoms with Crippen molar-refractivity contribution in [3.8, 4) is 0 Å². The van der Waals surface area contributed by atoms with Crippen LogP contribution in [0.5, 0.6) is 0 Å². The molecule has 1 heterocycles. The fourth-order valence-corrected chi connectivity index (χ4v) is 2.46. The summed E-state index contributed by atoms with van der Waals surface area (Å²) in [5.74, 6) is 0.0915. The Morgan fingerprint density at radius 1 is 1.37 bits per heavy atom. The highest BCUT2D eigenvalue weighted by Crippen LogP contribution is 2.18. The summed E-state index contributed by atoms with van der Waals surface area (Å²) in [5.41, 5.74) is 1.69. The Balaban J connectivity index is 1.72. The Labute approximate surface area is 111 Å². The van der Waals surface area contributed by atoms with Gasteiger partial charge >= 0.3 is 0 Å². The second-order valence-electron chi connectivity index (χ2n) is 4.92. The van der Waals surface area contributed by atoms with Gasteiger partial charge in [0.25, 0.3) is 5.91 Å². The monoisotopic (exact) mass is 256 g/mol. The molecule has 19 heavy (non-hydrogen) atoms. The Morgan fingerprint density at radius 3 is 3.05 bits per heavy atom. The smallest absolute Gasteiger partial charge is 0.251 e. The van der Waals surface area contributed by atoms with Crippen LogP contribution in [0.1, 0.15) is 16.8 Å². The molecule has 1 aromatic heterocycles. The van der Waals surface area contributed by atoms with E-state index in [4.69, 9.17) is 5.11 Å². The summed E-state index contributed by atoms with van der Waals surface area (Å²) in [6.07, 6.45) is 6.54. The lowest BCUT2D eigenvalue weighted by atomic mass is 10.1. The second-order valence-corrected chi connectivity index (χ2v) is 4.92. The number of fused-ring (bicyclic) bond motifs is 1. The van der Waals surface area contributed by atoms with Gasteiger partial charge in [-0.1, -0.05) is 12.2 Å². The van der Waals surface area contributed by atoms with E-state index >= 15 is 0 Å². The molecule has 0 saturated carbocycles. The van der Waals surface area contributed by atoms with Crippen LogP contribution in [0.3, 0.4) is 0 Å². The fourth-order valence-electron chi connectivity index (χ4n) is 2.46. The topological polar surface area (TPSA) is 65.1 Å². The second kappa shape index (κ2) is 4.90. The summed E-state index contributed by atoms with van der Waals surface area (Å²) in [6, 6.07) is 7.57. The zero-order valence-electron chi connectivity index (χ0n) is 10.5. The summed E-state index contributed by atoms with van der Waals surface area (Å²) in [5, 5.41) is 13.1. The Morgan fingerprint density at radius 2 is 2.26 bits per heavy atom. The number of amides is 1. The van der Waals surface area contributed by atoms with Crippen LogP contribution >= 0.6 is 0 Å². The van der Waals surface area contributed by atoms with Gasteiger partial charge in [-0.3, -0.25) is 4.79 Å². The Hall–Kier alpha value is -2.07. The third-order valence-electron chi connectivity index (χ3n) is 3.54. The summed E-state index contributed by atoms with van der Waals surface area (Å²) in [7, 11) is 0. The lowest BCUT2D eigenvalue weighted by molar-refractivity contribution is 0.0941. The number of aromatic amines is 1. The molecule has 0 unspecified atom stereocenters. The van der Waals surface area contributed by atoms with Crippen LogP contribution in [0.15, 0.2) is 42.6 Å². The van der Waals surface area contributed by atoms with Crippen LogP contribution in [0.25, 0.3) is 10.9 Å². The number of hydrogen-bond acceptors (Lipinski definition) is 2. The number of benzene rings is 1. The molecular weight excluding hydrogens is 240 g/mol. The number of carbonyl (C=O) groups excluding carboxylic acids is 1. The molecule has 3 rings (SSSR count). The van der Waals surface area contributed by atoms with E-state index in [0.717, 1.165) is 17.3 Å². The molecule has 0 aliphatic heterocycles. The zero-order chi connectivity index (χ0) is 13.2. The van der Waals surface area contributed by atoms with Crippen molar-refractivity contribution >= 4 is 16.8 Å². The van der Waals surface area contributed by atoms with Crippen LogP contribution < -0.4 is 5.32 Å². The molecule has 4 nitrogen and oxygen atoms in total. The molecular formula is C15H16N2O2. The normalized spacial score (nSPS) is 21.9. The predicted octanol–water partition coefficient (Wildman–Crippen LogP) is 1.83. The van der Waals surface area contributed by atoms with Crippen molar-refractivity contribution in [3.63, 3.8) is 0 Å². The molecule has 98 valence electrons. The largest absolute Gasteiger partial charge is 0.396 e. The number of rotatable bonds is 3. The van der Waals surface area contributed by atoms with Gasteiger partial charge in [0.2, 0.25) is 0 Å². The van der Waals surface area contributed by atoms with Crippen LogP contribution in [-0.2, 0) is 0 Å². The minimum Gasteiger partial charge on any atom is -0.396 e. The van der Waals surface area contributed by atoms with E-state index in [1.807, 2.05) is 42.6 Å². The van der Waals surface area contributed by atoms with Crippen molar-refractivity contribution in [1.29, 1.82) is 0 Å². The summed E-state index contributed by atoms with van der Waals surface area (Å²) in [6.45, 7) is 0.137. The number of aliphatic hydroxyl groups excluding tert-OH is 1. The summed E-state index contributed by atoms with van der Waals surface area (Å²) in [4.78, 5) is 15.2. The number of hydrogen-bond donors (Lipinski definition) is 3. The van der Waals surface area contributed by atoms with Crippen LogP contribution in [0.2, 0.25) is 0 Å². The lowest BCUT2D eigenvalue weighted by Crippen LogP contribution is -2.32. The van der Waals surface area contributed by atoms with Gasteiger partial charge in [0.1, 0.15) is 0 Å². The Kier molecular flexibility index (Phi) is 3.09. The molecule has 4 heteroatoms. The number of aliphatic hydroxyl groups is 1. The third-order valence-corrected chi connectivity index (χ3v) is 3.54. The van der Waals surface area contributed by atoms with E-state index in [-0.39, 0.29) is 24.5 Å². The molecule has 0 radical (unpaired) electrons. The molecule has 1 aliphatic carbocycles. The molecule has 1 aromatic carbocycles. The molecule has 2 atom stereocenters. The summed E-state index contributed by atoms with van der Waals surface area (Å²) >= 11 is 0. The molecule has 1 aliphatic rings. The van der Waals surface area contributed by atoms with E-state index in [2.05, 4.69) is 10.3 Å². The lowest BCUT2D eigenvalue weighted by Gasteiger charge is -2.12. The molecule has 0 spiro atoms. The van der Waals surface area contributed by atoms with Crippen molar-refractivity contribution in [2.75, 3.05) is 6.61 Å². The first kappa shape index (κ1) is 12.0. The summed E-state index contributed by atoms with van der Waals surface area (Å²) < 4.78 is 0. The van der Waals surface area contributed by atoms with Gasteiger partial charge in [-0.2, -0.15) is 0 Å². The van der Waals surface area contributed by atoms with Gasteiger partial charge in [0, 0.05) is 41.2 Å². The molecule has 1 amide bonds. The molecule has 0 fully saturated rings. The molecule has 3 N–H and O–H groups in total. The van der Waals surface area contributed by atoms with Gasteiger partial charge in [0.15, 0.2) is 0 Å². The first-order valence-corrected chi connectivity index (χ1v) is 6.43. The minimum atomic E-state index is -0.0728. The van der Waals surface area contributed by atoms with Crippen LogP contribution in [0, 0.1) is 5.92 Å². The van der Waals surface area contributed by atoms with Gasteiger partial charge in [0.05, 0.1) is 0 Å². The van der Waals surface area contributed by atoms with Gasteiger partial charge in [-0.15, -0.1) is 0 Å². The average Bonchev–Trinajstić information content (AvgIpc) is 3.05. The highest BCUT2D eigenvalue weighted by Gasteiger charge is 2.20. The highest BCUT2D eigenvalue weighted by atomic mass is 16.3. The maximum absolute atomic E-state index is 12.1. The molecule has 2 aromatic rings. The van der Waals surface area contributed by atoms with Crippen LogP contribution in [-0.4, -0.2) is 28.6 Å². The predicted molar refractivity (Wildman–Crippen MR) is 73.9 cm³/mol. The number of H-pyrrole nitrogens is 1. The van der Waals surface area contributed by atoms with E-state index in [1.165, 1.54) is 0 Å². The SMILES string of the molecule is O=C(N[C@@H]1C=C[C@H](CO)C1)c1ccc2[nH]ccc2c1. The maximum Gasteiger partial charge on any atom is 0.251 e. The number of aromatic nitrogens is 1. The van der Waals surface area contributed by atoms with Crippen molar-refractivity contribution < 1.29 is 9.90 Å². The van der Waals surface area contributed by atoms with Gasteiger partial charge < -0.3 is 15.4 Å². The first-order valence-electron chi connectivity index (χ1n) is 6.43. The Bertz CT molecular complexity index is 630. The quantitative estimate of drug-likeness (QED) is 0.734. The first-order chi connectivity index (χ1) is 9.26. The van der Waals surface area contributed by atoms with Gasteiger partial charge in [-0.05, 0) is 30.7 Å². The van der Waals surface area contributed by atoms with Gasteiger partial charge in [-0.25, -0.2) is 0 Å². The number of carbonyl (C=O) groups is 1. The molecule has 0 bridgehead atoms. The van der Waals surface area contributed by atoms with E-state index in [1.54, 1.807) is 0 Å². The van der Waals surface area contributed by atoms with E-state index in [9.17, 15) is 4.79 Å². The van der Waals surface area contributed by atoms with Crippen molar-refractivity contribution in [1.82, 2.24) is 10.3 Å². The minimum absolute atomic E-state index is 0.0200. The average molecular weight is 256 g/mol. The van der Waals surface area contributed by atoms with E-state index in [0.29, 0.717) is 5.56 Å². The van der Waals surface area contributed by atoms with Crippen molar-refractivity contribution in [2.24, 2.45) is 5.92 Å². The zero-order valence-corrected chi connectivity index (χ0v) is 10.5. The maximum atomic E-state index is 12.1. The standard InChI is InChI=1S/C15H16N2O2/c18-9-10-1-3-13(7-10)17-15(19)12-2-4-14-11(8-12)5-6-16-14/h1-6,8,10,13,16,18H,7,9H2,(H,17,19)/t10-,13+/m0/s1.